The summed E-state index contributed by atoms with van der Waals surface area (Å²) in [7, 11) is 0. The Labute approximate surface area is 151 Å². The van der Waals surface area contributed by atoms with E-state index in [9.17, 15) is 14.7 Å². The van der Waals surface area contributed by atoms with Gasteiger partial charge in [0.15, 0.2) is 0 Å². The highest BCUT2D eigenvalue weighted by atomic mass is 16.6. The van der Waals surface area contributed by atoms with Gasteiger partial charge in [-0.15, -0.1) is 0 Å². The molecular formula is C18H21N3O5. The Morgan fingerprint density at radius 1 is 1.31 bits per heavy atom. The zero-order valence-electron chi connectivity index (χ0n) is 14.3. The fraction of sp³-hybridized carbons (Fsp3) is 0.500. The maximum absolute atomic E-state index is 12.1. The second kappa shape index (κ2) is 7.32. The number of carbonyl (C=O) groups is 2. The van der Waals surface area contributed by atoms with Crippen LogP contribution in [0.5, 0.6) is 0 Å². The van der Waals surface area contributed by atoms with E-state index in [1.54, 1.807) is 24.3 Å². The average molecular weight is 359 g/mol. The van der Waals surface area contributed by atoms with Crippen molar-refractivity contribution in [2.24, 2.45) is 0 Å². The average Bonchev–Trinajstić information content (AvgIpc) is 2.97. The van der Waals surface area contributed by atoms with Gasteiger partial charge in [-0.1, -0.05) is 0 Å². The Kier molecular flexibility index (Phi) is 5.11. The number of rotatable bonds is 5. The number of hydrogen-bond donors (Lipinski definition) is 2. The summed E-state index contributed by atoms with van der Waals surface area (Å²) in [6.45, 7) is 2.09. The van der Waals surface area contributed by atoms with Gasteiger partial charge in [-0.2, -0.15) is 5.26 Å². The molecule has 1 amide bonds. The third kappa shape index (κ3) is 4.12. The van der Waals surface area contributed by atoms with E-state index < -0.39 is 17.7 Å². The second-order valence-electron chi connectivity index (χ2n) is 6.87. The van der Waals surface area contributed by atoms with Gasteiger partial charge in [-0.05, 0) is 37.1 Å². The Hall–Kier alpha value is -2.63. The third-order valence-corrected chi connectivity index (χ3v) is 4.91. The number of hydrogen-bond acceptors (Lipinski definition) is 6. The molecule has 2 N–H and O–H groups in total. The molecule has 0 spiro atoms. The number of amides is 1. The summed E-state index contributed by atoms with van der Waals surface area (Å²) in [5.74, 6) is -0.997. The van der Waals surface area contributed by atoms with Gasteiger partial charge in [0.25, 0.3) is 0 Å². The lowest BCUT2D eigenvalue weighted by Gasteiger charge is -2.37. The number of nitrogens with zero attached hydrogens (tertiary/aromatic N) is 3. The molecule has 8 heteroatoms. The molecule has 0 radical (unpaired) electrons. The molecule has 0 bridgehead atoms. The van der Waals surface area contributed by atoms with Crippen molar-refractivity contribution in [3.63, 3.8) is 0 Å². The van der Waals surface area contributed by atoms with Crippen molar-refractivity contribution in [3.8, 4) is 6.07 Å². The number of aliphatic carboxylic acids is 1. The molecule has 1 aromatic carbocycles. The first-order chi connectivity index (χ1) is 12.4. The lowest BCUT2D eigenvalue weighted by Crippen LogP contribution is -2.47. The van der Waals surface area contributed by atoms with Crippen LogP contribution >= 0.6 is 0 Å². The molecule has 0 aromatic heterocycles. The minimum Gasteiger partial charge on any atom is -0.481 e. The lowest BCUT2D eigenvalue weighted by atomic mass is 9.88. The first-order valence-corrected chi connectivity index (χ1v) is 8.53. The quantitative estimate of drug-likeness (QED) is 0.811. The Morgan fingerprint density at radius 3 is 2.54 bits per heavy atom. The summed E-state index contributed by atoms with van der Waals surface area (Å²) in [6.07, 6.45) is -0.174. The van der Waals surface area contributed by atoms with Crippen LogP contribution in [0.3, 0.4) is 0 Å². The van der Waals surface area contributed by atoms with E-state index in [1.165, 1.54) is 4.90 Å². The number of aliphatic hydroxyl groups is 1. The van der Waals surface area contributed by atoms with E-state index in [-0.39, 0.29) is 12.5 Å². The van der Waals surface area contributed by atoms with Gasteiger partial charge in [-0.25, -0.2) is 4.79 Å². The number of likely N-dealkylation sites (tertiary alicyclic amines) is 1. The highest BCUT2D eigenvalue weighted by Crippen LogP contribution is 2.27. The monoisotopic (exact) mass is 359 g/mol. The molecule has 2 fully saturated rings. The highest BCUT2D eigenvalue weighted by molar-refractivity contribution is 5.89. The molecule has 1 aromatic rings. The number of piperidine rings is 1. The van der Waals surface area contributed by atoms with Crippen LogP contribution in [0.1, 0.15) is 24.8 Å². The number of cyclic esters (lactones) is 1. The van der Waals surface area contributed by atoms with Crippen LogP contribution in [0.15, 0.2) is 24.3 Å². The molecule has 2 heterocycles. The minimum absolute atomic E-state index is 0.244. The van der Waals surface area contributed by atoms with Crippen molar-refractivity contribution in [3.05, 3.63) is 29.8 Å². The highest BCUT2D eigenvalue weighted by Gasteiger charge is 2.37. The Morgan fingerprint density at radius 2 is 1.96 bits per heavy atom. The molecule has 1 unspecified atom stereocenters. The maximum Gasteiger partial charge on any atom is 0.414 e. The molecule has 0 saturated carbocycles. The smallest absolute Gasteiger partial charge is 0.414 e. The van der Waals surface area contributed by atoms with Crippen molar-refractivity contribution in [1.82, 2.24) is 4.90 Å². The van der Waals surface area contributed by atoms with E-state index in [0.717, 1.165) is 0 Å². The van der Waals surface area contributed by atoms with Crippen LogP contribution in [0, 0.1) is 11.3 Å². The molecule has 1 atom stereocenters. The number of ether oxygens (including phenoxy) is 1. The van der Waals surface area contributed by atoms with E-state index in [0.29, 0.717) is 50.3 Å². The molecule has 2 aliphatic rings. The van der Waals surface area contributed by atoms with Gasteiger partial charge >= 0.3 is 12.1 Å². The summed E-state index contributed by atoms with van der Waals surface area (Å²) in [4.78, 5) is 26.6. The number of carboxylic acid groups (broad SMARTS) is 1. The summed E-state index contributed by atoms with van der Waals surface area (Å²) >= 11 is 0. The summed E-state index contributed by atoms with van der Waals surface area (Å²) in [5.41, 5.74) is 0.0643. The predicted octanol–water partition coefficient (Wildman–Crippen LogP) is 1.19. The molecule has 0 aliphatic carbocycles. The van der Waals surface area contributed by atoms with Crippen LogP contribution in [-0.2, 0) is 9.53 Å². The first-order valence-electron chi connectivity index (χ1n) is 8.53. The molecule has 138 valence electrons. The minimum atomic E-state index is -1.15. The van der Waals surface area contributed by atoms with Crippen LogP contribution < -0.4 is 4.90 Å². The first kappa shape index (κ1) is 18.2. The van der Waals surface area contributed by atoms with Crippen LogP contribution in [0.4, 0.5) is 10.5 Å². The van der Waals surface area contributed by atoms with Crippen molar-refractivity contribution in [1.29, 1.82) is 5.26 Å². The SMILES string of the molecule is N#Cc1ccc(N2CC(CN3CCC(O)(CC(=O)O)CC3)OC2=O)cc1. The third-order valence-electron chi connectivity index (χ3n) is 4.91. The zero-order valence-corrected chi connectivity index (χ0v) is 14.3. The van der Waals surface area contributed by atoms with Gasteiger partial charge in [0.1, 0.15) is 6.10 Å². The van der Waals surface area contributed by atoms with E-state index in [1.807, 2.05) is 6.07 Å². The molecule has 3 rings (SSSR count). The lowest BCUT2D eigenvalue weighted by molar-refractivity contribution is -0.144. The van der Waals surface area contributed by atoms with Crippen LogP contribution in [0.25, 0.3) is 0 Å². The molecule has 2 saturated heterocycles. The molecule has 26 heavy (non-hydrogen) atoms. The van der Waals surface area contributed by atoms with Crippen LogP contribution in [0.2, 0.25) is 0 Å². The number of benzene rings is 1. The number of anilines is 1. The summed E-state index contributed by atoms with van der Waals surface area (Å²) < 4.78 is 5.43. The largest absolute Gasteiger partial charge is 0.481 e. The van der Waals surface area contributed by atoms with Gasteiger partial charge in [0, 0.05) is 25.3 Å². The number of carboxylic acids is 1. The molecule has 8 nitrogen and oxygen atoms in total. The van der Waals surface area contributed by atoms with E-state index in [4.69, 9.17) is 15.1 Å². The predicted molar refractivity (Wildman–Crippen MR) is 91.6 cm³/mol. The topological polar surface area (TPSA) is 114 Å². The van der Waals surface area contributed by atoms with E-state index in [2.05, 4.69) is 4.90 Å². The number of nitriles is 1. The van der Waals surface area contributed by atoms with Crippen molar-refractivity contribution < 1.29 is 24.5 Å². The van der Waals surface area contributed by atoms with Crippen molar-refractivity contribution in [2.45, 2.75) is 31.0 Å². The van der Waals surface area contributed by atoms with Crippen molar-refractivity contribution in [2.75, 3.05) is 31.1 Å². The zero-order chi connectivity index (χ0) is 18.7. The molecule has 2 aliphatic heterocycles. The molecular weight excluding hydrogens is 338 g/mol. The summed E-state index contributed by atoms with van der Waals surface area (Å²) in [6, 6.07) is 8.79. The Balaban J connectivity index is 1.53. The van der Waals surface area contributed by atoms with Crippen molar-refractivity contribution >= 4 is 17.7 Å². The standard InChI is InChI=1S/C18H21N3O5/c19-10-13-1-3-14(4-2-13)21-12-15(26-17(21)24)11-20-7-5-18(25,6-8-20)9-16(22)23/h1-4,15,25H,5-9,11-12H2,(H,22,23). The summed E-state index contributed by atoms with van der Waals surface area (Å²) in [5, 5.41) is 28.0. The fourth-order valence-corrected chi connectivity index (χ4v) is 3.44. The van der Waals surface area contributed by atoms with Gasteiger partial charge < -0.3 is 14.9 Å². The normalized spacial score (nSPS) is 22.7. The number of carbonyl (C=O) groups excluding carboxylic acids is 1. The Bertz CT molecular complexity index is 719. The maximum atomic E-state index is 12.1. The van der Waals surface area contributed by atoms with Gasteiger partial charge in [-0.3, -0.25) is 14.6 Å². The van der Waals surface area contributed by atoms with Crippen LogP contribution in [-0.4, -0.2) is 65.1 Å². The fourth-order valence-electron chi connectivity index (χ4n) is 3.44. The van der Waals surface area contributed by atoms with Gasteiger partial charge in [0.05, 0.1) is 30.2 Å². The van der Waals surface area contributed by atoms with Gasteiger partial charge in [0.2, 0.25) is 0 Å². The van der Waals surface area contributed by atoms with E-state index >= 15 is 0 Å². The second-order valence-corrected chi connectivity index (χ2v) is 6.87.